The average molecular weight is 324 g/mol. The number of hydrogen-bond acceptors (Lipinski definition) is 4. The Bertz CT molecular complexity index is 692. The van der Waals surface area contributed by atoms with Crippen molar-refractivity contribution in [2.24, 2.45) is 0 Å². The number of ether oxygens (including phenoxy) is 1. The molecule has 2 aliphatic rings. The number of nitrogens with zero attached hydrogens (tertiary/aromatic N) is 1. The zero-order chi connectivity index (χ0) is 16.4. The normalized spacial score (nSPS) is 25.9. The van der Waals surface area contributed by atoms with Crippen LogP contribution in [0.1, 0.15) is 23.8 Å². The molecular formula is C19H20N2O3. The lowest BCUT2D eigenvalue weighted by Crippen LogP contribution is -2.41. The molecule has 5 heteroatoms. The number of amides is 1. The summed E-state index contributed by atoms with van der Waals surface area (Å²) in [6, 6.07) is 19.8. The third-order valence-corrected chi connectivity index (χ3v) is 4.58. The summed E-state index contributed by atoms with van der Waals surface area (Å²) >= 11 is 0. The first kappa shape index (κ1) is 15.3. The van der Waals surface area contributed by atoms with Crippen molar-refractivity contribution < 1.29 is 14.4 Å². The van der Waals surface area contributed by atoms with Gasteiger partial charge in [-0.25, -0.2) is 0 Å². The van der Waals surface area contributed by atoms with Gasteiger partial charge in [0.1, 0.15) is 0 Å². The van der Waals surface area contributed by atoms with Crippen LogP contribution in [0.4, 0.5) is 0 Å². The van der Waals surface area contributed by atoms with Gasteiger partial charge in [-0.2, -0.15) is 5.48 Å². The number of hydroxylamine groups is 1. The highest BCUT2D eigenvalue weighted by atomic mass is 16.6. The molecule has 3 atom stereocenters. The highest BCUT2D eigenvalue weighted by Gasteiger charge is 2.48. The van der Waals surface area contributed by atoms with E-state index in [0.717, 1.165) is 11.1 Å². The maximum absolute atomic E-state index is 12.4. The third-order valence-electron chi connectivity index (χ3n) is 4.58. The number of nitrogens with one attached hydrogen (secondary N) is 1. The fourth-order valence-corrected chi connectivity index (χ4v) is 3.38. The molecule has 0 spiro atoms. The summed E-state index contributed by atoms with van der Waals surface area (Å²) in [7, 11) is 0. The first-order valence-electron chi connectivity index (χ1n) is 8.22. The molecule has 4 rings (SSSR count). The van der Waals surface area contributed by atoms with E-state index in [1.54, 1.807) is 0 Å². The maximum atomic E-state index is 12.4. The van der Waals surface area contributed by atoms with Gasteiger partial charge in [-0.3, -0.25) is 9.63 Å². The minimum absolute atomic E-state index is 0.0125. The summed E-state index contributed by atoms with van der Waals surface area (Å²) in [5.74, 6) is 0.104. The van der Waals surface area contributed by atoms with Gasteiger partial charge in [0.25, 0.3) is 0 Å². The molecule has 2 heterocycles. The van der Waals surface area contributed by atoms with Crippen molar-refractivity contribution in [3.63, 3.8) is 0 Å². The minimum Gasteiger partial charge on any atom is -0.352 e. The Labute approximate surface area is 141 Å². The second-order valence-corrected chi connectivity index (χ2v) is 6.17. The van der Waals surface area contributed by atoms with Gasteiger partial charge >= 0.3 is 0 Å². The first-order valence-corrected chi connectivity index (χ1v) is 8.22. The molecule has 0 aliphatic carbocycles. The number of carbonyl (C=O) groups excluding carboxylic acids is 1. The van der Waals surface area contributed by atoms with E-state index in [4.69, 9.17) is 9.57 Å². The molecule has 2 aromatic rings. The largest absolute Gasteiger partial charge is 0.352 e. The Morgan fingerprint density at radius 2 is 1.79 bits per heavy atom. The van der Waals surface area contributed by atoms with Crippen LogP contribution in [0.2, 0.25) is 0 Å². The molecule has 1 amide bonds. The van der Waals surface area contributed by atoms with Crippen LogP contribution in [-0.2, 0) is 21.0 Å². The van der Waals surface area contributed by atoms with Crippen LogP contribution in [-0.4, -0.2) is 29.5 Å². The predicted molar refractivity (Wildman–Crippen MR) is 88.5 cm³/mol. The van der Waals surface area contributed by atoms with E-state index in [9.17, 15) is 4.79 Å². The SMILES string of the molecule is O=C1C[C@@H](NOCc2ccccc2)[C@H]2CO[C@H](c3ccccc3)N12. The van der Waals surface area contributed by atoms with Crippen LogP contribution in [0.5, 0.6) is 0 Å². The van der Waals surface area contributed by atoms with E-state index in [0.29, 0.717) is 19.6 Å². The van der Waals surface area contributed by atoms with Crippen LogP contribution >= 0.6 is 0 Å². The van der Waals surface area contributed by atoms with E-state index < -0.39 is 0 Å². The number of hydrogen-bond donors (Lipinski definition) is 1. The van der Waals surface area contributed by atoms with Crippen molar-refractivity contribution in [3.8, 4) is 0 Å². The summed E-state index contributed by atoms with van der Waals surface area (Å²) in [5, 5.41) is 0. The zero-order valence-corrected chi connectivity index (χ0v) is 13.3. The molecular weight excluding hydrogens is 304 g/mol. The highest BCUT2D eigenvalue weighted by Crippen LogP contribution is 2.37. The molecule has 0 aromatic heterocycles. The quantitative estimate of drug-likeness (QED) is 0.858. The van der Waals surface area contributed by atoms with E-state index >= 15 is 0 Å². The Morgan fingerprint density at radius 1 is 1.08 bits per heavy atom. The average Bonchev–Trinajstić information content (AvgIpc) is 3.19. The van der Waals surface area contributed by atoms with Crippen molar-refractivity contribution in [2.75, 3.05) is 6.61 Å². The number of fused-ring (bicyclic) bond motifs is 1. The van der Waals surface area contributed by atoms with Gasteiger partial charge < -0.3 is 9.64 Å². The Morgan fingerprint density at radius 3 is 2.54 bits per heavy atom. The van der Waals surface area contributed by atoms with Crippen LogP contribution in [0.25, 0.3) is 0 Å². The molecule has 124 valence electrons. The zero-order valence-electron chi connectivity index (χ0n) is 13.3. The second kappa shape index (κ2) is 6.73. The summed E-state index contributed by atoms with van der Waals surface area (Å²) in [5.41, 5.74) is 5.17. The number of benzene rings is 2. The Hall–Kier alpha value is -2.21. The highest BCUT2D eigenvalue weighted by molar-refractivity contribution is 5.80. The lowest BCUT2D eigenvalue weighted by atomic mass is 10.1. The summed E-state index contributed by atoms with van der Waals surface area (Å²) in [4.78, 5) is 19.9. The minimum atomic E-state index is -0.287. The molecule has 0 saturated carbocycles. The van der Waals surface area contributed by atoms with E-state index in [1.165, 1.54) is 0 Å². The maximum Gasteiger partial charge on any atom is 0.227 e. The van der Waals surface area contributed by atoms with E-state index in [-0.39, 0.29) is 24.2 Å². The molecule has 2 saturated heterocycles. The van der Waals surface area contributed by atoms with Crippen molar-refractivity contribution in [1.29, 1.82) is 0 Å². The monoisotopic (exact) mass is 324 g/mol. The van der Waals surface area contributed by atoms with Gasteiger partial charge in [0, 0.05) is 12.0 Å². The standard InChI is InChI=1S/C19H20N2O3/c22-18-11-16(20-24-12-14-7-3-1-4-8-14)17-13-23-19(21(17)18)15-9-5-2-6-10-15/h1-10,16-17,19-20H,11-13H2/t16-,17-,19-/m1/s1. The number of rotatable bonds is 5. The molecule has 2 aliphatic heterocycles. The van der Waals surface area contributed by atoms with Crippen LogP contribution in [0, 0.1) is 0 Å². The molecule has 1 N–H and O–H groups in total. The van der Waals surface area contributed by atoms with Gasteiger partial charge in [0.05, 0.1) is 25.3 Å². The van der Waals surface area contributed by atoms with Gasteiger partial charge in [-0.15, -0.1) is 0 Å². The predicted octanol–water partition coefficient (Wildman–Crippen LogP) is 2.41. The smallest absolute Gasteiger partial charge is 0.227 e. The van der Waals surface area contributed by atoms with Gasteiger partial charge in [-0.05, 0) is 5.56 Å². The Balaban J connectivity index is 1.39. The summed E-state index contributed by atoms with van der Waals surface area (Å²) in [6.45, 7) is 0.999. The molecule has 0 bridgehead atoms. The summed E-state index contributed by atoms with van der Waals surface area (Å²) < 4.78 is 5.88. The molecule has 5 nitrogen and oxygen atoms in total. The number of carbonyl (C=O) groups is 1. The van der Waals surface area contributed by atoms with Gasteiger partial charge in [0.15, 0.2) is 6.23 Å². The molecule has 0 radical (unpaired) electrons. The van der Waals surface area contributed by atoms with E-state index in [2.05, 4.69) is 5.48 Å². The lowest BCUT2D eigenvalue weighted by molar-refractivity contribution is -0.134. The van der Waals surface area contributed by atoms with Gasteiger partial charge in [0.2, 0.25) is 5.91 Å². The lowest BCUT2D eigenvalue weighted by Gasteiger charge is -2.23. The van der Waals surface area contributed by atoms with Gasteiger partial charge in [-0.1, -0.05) is 60.7 Å². The fraction of sp³-hybridized carbons (Fsp3) is 0.316. The molecule has 2 fully saturated rings. The summed E-state index contributed by atoms with van der Waals surface area (Å²) in [6.07, 6.45) is 0.149. The Kier molecular flexibility index (Phi) is 4.30. The van der Waals surface area contributed by atoms with Crippen molar-refractivity contribution in [3.05, 3.63) is 71.8 Å². The van der Waals surface area contributed by atoms with Crippen molar-refractivity contribution >= 4 is 5.91 Å². The second-order valence-electron chi connectivity index (χ2n) is 6.17. The molecule has 2 aromatic carbocycles. The first-order chi connectivity index (χ1) is 11.8. The fourth-order valence-electron chi connectivity index (χ4n) is 3.38. The third kappa shape index (κ3) is 2.94. The van der Waals surface area contributed by atoms with Crippen molar-refractivity contribution in [1.82, 2.24) is 10.4 Å². The topological polar surface area (TPSA) is 50.8 Å². The van der Waals surface area contributed by atoms with E-state index in [1.807, 2.05) is 65.6 Å². The molecule has 0 unspecified atom stereocenters. The van der Waals surface area contributed by atoms with Crippen LogP contribution in [0.3, 0.4) is 0 Å². The van der Waals surface area contributed by atoms with Crippen molar-refractivity contribution in [2.45, 2.75) is 31.3 Å². The van der Waals surface area contributed by atoms with Crippen LogP contribution < -0.4 is 5.48 Å². The van der Waals surface area contributed by atoms with Crippen LogP contribution in [0.15, 0.2) is 60.7 Å². The molecule has 24 heavy (non-hydrogen) atoms.